The molecule has 1 N–H and O–H groups in total. The normalized spacial score (nSPS) is 18.0. The van der Waals surface area contributed by atoms with Gasteiger partial charge in [0.25, 0.3) is 0 Å². The van der Waals surface area contributed by atoms with Gasteiger partial charge in [-0.25, -0.2) is 4.79 Å². The number of ketones is 1. The van der Waals surface area contributed by atoms with Crippen molar-refractivity contribution in [1.29, 1.82) is 0 Å². The van der Waals surface area contributed by atoms with Crippen LogP contribution in [0.4, 0.5) is 4.79 Å². The van der Waals surface area contributed by atoms with Gasteiger partial charge in [0, 0.05) is 6.42 Å². The van der Waals surface area contributed by atoms with Crippen molar-refractivity contribution in [3.63, 3.8) is 0 Å². The fraction of sp³-hybridized carbons (Fsp3) is 0.429. The van der Waals surface area contributed by atoms with Crippen LogP contribution < -0.4 is 10.1 Å². The molecule has 5 heteroatoms. The second-order valence-electron chi connectivity index (χ2n) is 4.42. The Morgan fingerprint density at radius 2 is 2.32 bits per heavy atom. The van der Waals surface area contributed by atoms with Gasteiger partial charge in [-0.3, -0.25) is 4.79 Å². The molecule has 1 aliphatic rings. The first kappa shape index (κ1) is 13.4. The average molecular weight is 263 g/mol. The number of ether oxygens (including phenoxy) is 2. The highest BCUT2D eigenvalue weighted by Gasteiger charge is 2.28. The lowest BCUT2D eigenvalue weighted by Crippen LogP contribution is -2.41. The van der Waals surface area contributed by atoms with Gasteiger partial charge in [0.2, 0.25) is 0 Å². The number of rotatable bonds is 2. The first-order valence-electron chi connectivity index (χ1n) is 6.32. The summed E-state index contributed by atoms with van der Waals surface area (Å²) >= 11 is 0. The Hall–Kier alpha value is -2.04. The number of alkyl carbamates (subject to hydrolysis) is 1. The number of amides is 1. The monoisotopic (exact) mass is 263 g/mol. The highest BCUT2D eigenvalue weighted by atomic mass is 16.5. The summed E-state index contributed by atoms with van der Waals surface area (Å²) in [5, 5.41) is 2.58. The Balaban J connectivity index is 2.20. The first-order valence-corrected chi connectivity index (χ1v) is 6.32. The van der Waals surface area contributed by atoms with Crippen LogP contribution >= 0.6 is 0 Å². The van der Waals surface area contributed by atoms with Gasteiger partial charge in [-0.05, 0) is 26.0 Å². The van der Waals surface area contributed by atoms with Crippen molar-refractivity contribution in [2.24, 2.45) is 0 Å². The van der Waals surface area contributed by atoms with E-state index in [-0.39, 0.29) is 12.4 Å². The van der Waals surface area contributed by atoms with Crippen LogP contribution in [0.5, 0.6) is 5.75 Å². The molecular formula is C14H17NO4. The molecule has 0 saturated carbocycles. The minimum atomic E-state index is -0.595. The van der Waals surface area contributed by atoms with Crippen molar-refractivity contribution in [2.45, 2.75) is 26.3 Å². The van der Waals surface area contributed by atoms with Gasteiger partial charge in [-0.2, -0.15) is 0 Å². The number of carbonyl (C=O) groups excluding carboxylic acids is 2. The Kier molecular flexibility index (Phi) is 4.04. The fourth-order valence-corrected chi connectivity index (χ4v) is 2.02. The first-order chi connectivity index (χ1) is 9.11. The Morgan fingerprint density at radius 3 is 3.05 bits per heavy atom. The van der Waals surface area contributed by atoms with E-state index in [9.17, 15) is 9.59 Å². The maximum atomic E-state index is 12.4. The molecule has 0 aliphatic carbocycles. The van der Waals surface area contributed by atoms with Crippen LogP contribution in [-0.2, 0) is 4.74 Å². The molecule has 102 valence electrons. The Bertz CT molecular complexity index is 498. The van der Waals surface area contributed by atoms with E-state index in [0.717, 1.165) is 5.56 Å². The molecule has 0 bridgehead atoms. The maximum Gasteiger partial charge on any atom is 0.407 e. The highest BCUT2D eigenvalue weighted by molar-refractivity contribution is 6.04. The van der Waals surface area contributed by atoms with Crippen LogP contribution in [0.15, 0.2) is 18.2 Å². The molecule has 0 saturated heterocycles. The van der Waals surface area contributed by atoms with E-state index in [1.807, 2.05) is 13.0 Å². The molecule has 5 nitrogen and oxygen atoms in total. The quantitative estimate of drug-likeness (QED) is 0.887. The summed E-state index contributed by atoms with van der Waals surface area (Å²) in [6, 6.07) is 4.87. The number of fused-ring (bicyclic) bond motifs is 1. The summed E-state index contributed by atoms with van der Waals surface area (Å²) in [6.45, 7) is 4.29. The molecule has 1 aliphatic heterocycles. The molecular weight excluding hydrogens is 246 g/mol. The minimum Gasteiger partial charge on any atom is -0.493 e. The third kappa shape index (κ3) is 3.05. The molecule has 0 spiro atoms. The Morgan fingerprint density at radius 1 is 1.53 bits per heavy atom. The highest BCUT2D eigenvalue weighted by Crippen LogP contribution is 2.25. The molecule has 1 unspecified atom stereocenters. The van der Waals surface area contributed by atoms with E-state index >= 15 is 0 Å². The zero-order chi connectivity index (χ0) is 13.8. The summed E-state index contributed by atoms with van der Waals surface area (Å²) in [6.07, 6.45) is -0.136. The topological polar surface area (TPSA) is 64.6 Å². The van der Waals surface area contributed by atoms with Gasteiger partial charge >= 0.3 is 6.09 Å². The van der Waals surface area contributed by atoms with Gasteiger partial charge in [0.05, 0.1) is 24.8 Å². The van der Waals surface area contributed by atoms with Crippen molar-refractivity contribution in [3.05, 3.63) is 29.3 Å². The molecule has 1 heterocycles. The summed E-state index contributed by atoms with van der Waals surface area (Å²) < 4.78 is 10.3. The number of benzene rings is 1. The van der Waals surface area contributed by atoms with Crippen LogP contribution in [0.25, 0.3) is 0 Å². The maximum absolute atomic E-state index is 12.4. The molecule has 19 heavy (non-hydrogen) atoms. The zero-order valence-electron chi connectivity index (χ0n) is 11.1. The van der Waals surface area contributed by atoms with E-state index < -0.39 is 12.1 Å². The van der Waals surface area contributed by atoms with Crippen LogP contribution in [0.1, 0.15) is 29.3 Å². The third-order valence-corrected chi connectivity index (χ3v) is 2.95. The van der Waals surface area contributed by atoms with Crippen molar-refractivity contribution in [1.82, 2.24) is 5.32 Å². The van der Waals surface area contributed by atoms with E-state index in [1.54, 1.807) is 19.1 Å². The second kappa shape index (κ2) is 5.73. The number of aryl methyl sites for hydroxylation is 1. The van der Waals surface area contributed by atoms with E-state index in [1.165, 1.54) is 0 Å². The Labute approximate surface area is 111 Å². The van der Waals surface area contributed by atoms with Gasteiger partial charge in [-0.15, -0.1) is 0 Å². The molecule has 1 atom stereocenters. The number of nitrogens with one attached hydrogen (secondary N) is 1. The van der Waals surface area contributed by atoms with Crippen molar-refractivity contribution in [3.8, 4) is 5.75 Å². The van der Waals surface area contributed by atoms with Crippen LogP contribution in [0, 0.1) is 6.92 Å². The molecule has 2 rings (SSSR count). The SMILES string of the molecule is CCOC(=O)NC1CCOc2ccc(C)cc2C1=O. The summed E-state index contributed by atoms with van der Waals surface area (Å²) in [5.41, 5.74) is 1.49. The largest absolute Gasteiger partial charge is 0.493 e. The van der Waals surface area contributed by atoms with Gasteiger partial charge in [-0.1, -0.05) is 11.6 Å². The second-order valence-corrected chi connectivity index (χ2v) is 4.42. The summed E-state index contributed by atoms with van der Waals surface area (Å²) in [4.78, 5) is 23.8. The average Bonchev–Trinajstić information content (AvgIpc) is 2.51. The van der Waals surface area contributed by atoms with Gasteiger partial charge in [0.1, 0.15) is 5.75 Å². The lowest BCUT2D eigenvalue weighted by molar-refractivity contribution is 0.0921. The number of Topliss-reactive ketones (excluding diaryl/α,β-unsaturated/α-hetero) is 1. The molecule has 1 amide bonds. The molecule has 0 radical (unpaired) electrons. The van der Waals surface area contributed by atoms with Crippen LogP contribution in [-0.4, -0.2) is 31.1 Å². The van der Waals surface area contributed by atoms with Gasteiger partial charge in [0.15, 0.2) is 5.78 Å². The van der Waals surface area contributed by atoms with Crippen LogP contribution in [0.3, 0.4) is 0 Å². The number of hydrogen-bond acceptors (Lipinski definition) is 4. The molecule has 1 aromatic carbocycles. The predicted molar refractivity (Wildman–Crippen MR) is 69.6 cm³/mol. The molecule has 0 aromatic heterocycles. The summed E-state index contributed by atoms with van der Waals surface area (Å²) in [5.74, 6) is 0.438. The standard InChI is InChI=1S/C14H17NO4/c1-3-18-14(17)15-11-6-7-19-12-5-4-9(2)8-10(12)13(11)16/h4-5,8,11H,3,6-7H2,1-2H3,(H,15,17). The van der Waals surface area contributed by atoms with Gasteiger partial charge < -0.3 is 14.8 Å². The lowest BCUT2D eigenvalue weighted by atomic mass is 10.0. The van der Waals surface area contributed by atoms with Crippen molar-refractivity contribution < 1.29 is 19.1 Å². The summed E-state index contributed by atoms with van der Waals surface area (Å²) in [7, 11) is 0. The number of hydrogen-bond donors (Lipinski definition) is 1. The predicted octanol–water partition coefficient (Wildman–Crippen LogP) is 2.07. The third-order valence-electron chi connectivity index (χ3n) is 2.95. The molecule has 1 aromatic rings. The lowest BCUT2D eigenvalue weighted by Gasteiger charge is -2.14. The van der Waals surface area contributed by atoms with E-state index in [2.05, 4.69) is 5.32 Å². The minimum absolute atomic E-state index is 0.135. The smallest absolute Gasteiger partial charge is 0.407 e. The fourth-order valence-electron chi connectivity index (χ4n) is 2.02. The van der Waals surface area contributed by atoms with E-state index in [4.69, 9.17) is 9.47 Å². The van der Waals surface area contributed by atoms with E-state index in [0.29, 0.717) is 24.3 Å². The van der Waals surface area contributed by atoms with Crippen molar-refractivity contribution in [2.75, 3.05) is 13.2 Å². The van der Waals surface area contributed by atoms with Crippen LogP contribution in [0.2, 0.25) is 0 Å². The molecule has 0 fully saturated rings. The zero-order valence-corrected chi connectivity index (χ0v) is 11.1. The number of carbonyl (C=O) groups is 2. The van der Waals surface area contributed by atoms with Crippen molar-refractivity contribution >= 4 is 11.9 Å².